The van der Waals surface area contributed by atoms with E-state index in [-0.39, 0.29) is 0 Å². The maximum atomic E-state index is 8.64. The summed E-state index contributed by atoms with van der Waals surface area (Å²) in [6.45, 7) is 1.98. The van der Waals surface area contributed by atoms with Gasteiger partial charge < -0.3 is 10.6 Å². The fraction of sp³-hybridized carbons (Fsp3) is 0.500. The number of pyridine rings is 1. The third-order valence-corrected chi connectivity index (χ3v) is 3.09. The molecule has 1 aromatic rings. The van der Waals surface area contributed by atoms with Crippen molar-refractivity contribution in [3.8, 4) is 6.07 Å². The van der Waals surface area contributed by atoms with Gasteiger partial charge in [0.25, 0.3) is 0 Å². The first kappa shape index (κ1) is 10.7. The lowest BCUT2D eigenvalue weighted by Gasteiger charge is -2.31. The van der Waals surface area contributed by atoms with Gasteiger partial charge in [-0.3, -0.25) is 0 Å². The molecule has 1 aliphatic rings. The maximum absolute atomic E-state index is 8.64. The van der Waals surface area contributed by atoms with Crippen LogP contribution in [0.5, 0.6) is 0 Å². The van der Waals surface area contributed by atoms with Gasteiger partial charge in [0.2, 0.25) is 0 Å². The highest BCUT2D eigenvalue weighted by Gasteiger charge is 2.19. The molecule has 0 aromatic carbocycles. The summed E-state index contributed by atoms with van der Waals surface area (Å²) in [4.78, 5) is 6.57. The molecule has 1 aliphatic heterocycles. The molecule has 0 unspecified atom stereocenters. The normalized spacial score (nSPS) is 17.1. The smallest absolute Gasteiger partial charge is 0.128 e. The van der Waals surface area contributed by atoms with Crippen LogP contribution in [-0.2, 0) is 0 Å². The Morgan fingerprint density at radius 3 is 2.75 bits per heavy atom. The fourth-order valence-electron chi connectivity index (χ4n) is 2.08. The Balaban J connectivity index is 1.94. The minimum Gasteiger partial charge on any atom is -0.397 e. The summed E-state index contributed by atoms with van der Waals surface area (Å²) in [5.74, 6) is 1.56. The van der Waals surface area contributed by atoms with E-state index in [1.54, 1.807) is 6.20 Å². The first-order valence-electron chi connectivity index (χ1n) is 5.63. The Bertz CT molecular complexity index is 371. The summed E-state index contributed by atoms with van der Waals surface area (Å²) in [5, 5.41) is 8.64. The van der Waals surface area contributed by atoms with Gasteiger partial charge in [0.15, 0.2) is 0 Å². The number of hydrogen-bond acceptors (Lipinski definition) is 4. The van der Waals surface area contributed by atoms with Crippen molar-refractivity contribution < 1.29 is 0 Å². The Labute approximate surface area is 95.7 Å². The van der Waals surface area contributed by atoms with Gasteiger partial charge in [0.1, 0.15) is 5.82 Å². The van der Waals surface area contributed by atoms with Crippen molar-refractivity contribution in [2.75, 3.05) is 23.7 Å². The maximum Gasteiger partial charge on any atom is 0.128 e. The SMILES string of the molecule is N#CCC1CCN(c2ccc(N)cn2)CC1. The third-order valence-electron chi connectivity index (χ3n) is 3.09. The number of nitriles is 1. The number of rotatable bonds is 2. The number of aromatic nitrogens is 1. The Kier molecular flexibility index (Phi) is 3.25. The van der Waals surface area contributed by atoms with Crippen LogP contribution in [0.3, 0.4) is 0 Å². The Morgan fingerprint density at radius 2 is 2.19 bits per heavy atom. The molecule has 0 spiro atoms. The zero-order valence-electron chi connectivity index (χ0n) is 9.26. The van der Waals surface area contributed by atoms with E-state index in [1.807, 2.05) is 12.1 Å². The van der Waals surface area contributed by atoms with Gasteiger partial charge in [-0.2, -0.15) is 5.26 Å². The average Bonchev–Trinajstić information content (AvgIpc) is 2.32. The third kappa shape index (κ3) is 2.43. The quantitative estimate of drug-likeness (QED) is 0.818. The summed E-state index contributed by atoms with van der Waals surface area (Å²) < 4.78 is 0. The van der Waals surface area contributed by atoms with E-state index in [9.17, 15) is 0 Å². The average molecular weight is 216 g/mol. The highest BCUT2D eigenvalue weighted by molar-refractivity contribution is 5.45. The van der Waals surface area contributed by atoms with Crippen molar-refractivity contribution >= 4 is 11.5 Å². The second-order valence-corrected chi connectivity index (χ2v) is 4.24. The van der Waals surface area contributed by atoms with E-state index in [2.05, 4.69) is 16.0 Å². The lowest BCUT2D eigenvalue weighted by Crippen LogP contribution is -2.34. The van der Waals surface area contributed by atoms with Crippen molar-refractivity contribution in [2.24, 2.45) is 5.92 Å². The number of nitrogens with two attached hydrogens (primary N) is 1. The highest BCUT2D eigenvalue weighted by atomic mass is 15.2. The molecule has 0 atom stereocenters. The van der Waals surface area contributed by atoms with Crippen LogP contribution >= 0.6 is 0 Å². The van der Waals surface area contributed by atoms with Crippen molar-refractivity contribution in [1.82, 2.24) is 4.98 Å². The molecule has 0 amide bonds. The van der Waals surface area contributed by atoms with E-state index in [1.165, 1.54) is 0 Å². The molecular weight excluding hydrogens is 200 g/mol. The highest BCUT2D eigenvalue weighted by Crippen LogP contribution is 2.23. The lowest BCUT2D eigenvalue weighted by atomic mass is 9.94. The zero-order chi connectivity index (χ0) is 11.4. The zero-order valence-corrected chi connectivity index (χ0v) is 9.26. The van der Waals surface area contributed by atoms with Crippen LogP contribution < -0.4 is 10.6 Å². The van der Waals surface area contributed by atoms with E-state index in [0.29, 0.717) is 18.0 Å². The molecule has 0 aliphatic carbocycles. The lowest BCUT2D eigenvalue weighted by molar-refractivity contribution is 0.411. The summed E-state index contributed by atoms with van der Waals surface area (Å²) in [6.07, 6.45) is 4.54. The number of nitrogen functional groups attached to an aromatic ring is 1. The second-order valence-electron chi connectivity index (χ2n) is 4.24. The number of nitrogens with zero attached hydrogens (tertiary/aromatic N) is 3. The topological polar surface area (TPSA) is 65.9 Å². The van der Waals surface area contributed by atoms with Gasteiger partial charge in [-0.1, -0.05) is 0 Å². The van der Waals surface area contributed by atoms with Crippen LogP contribution in [0, 0.1) is 17.2 Å². The number of hydrogen-bond donors (Lipinski definition) is 1. The van der Waals surface area contributed by atoms with Gasteiger partial charge in [-0.15, -0.1) is 0 Å². The molecule has 4 nitrogen and oxygen atoms in total. The predicted molar refractivity (Wildman–Crippen MR) is 63.8 cm³/mol. The van der Waals surface area contributed by atoms with Crippen LogP contribution in [0.1, 0.15) is 19.3 Å². The number of anilines is 2. The molecule has 1 saturated heterocycles. The van der Waals surface area contributed by atoms with Gasteiger partial charge in [-0.25, -0.2) is 4.98 Å². The molecule has 1 aromatic heterocycles. The van der Waals surface area contributed by atoms with E-state index in [0.717, 1.165) is 31.7 Å². The Morgan fingerprint density at radius 1 is 1.44 bits per heavy atom. The molecule has 0 radical (unpaired) electrons. The molecule has 84 valence electrons. The van der Waals surface area contributed by atoms with Crippen LogP contribution in [0.4, 0.5) is 11.5 Å². The predicted octanol–water partition coefficient (Wildman–Crippen LogP) is 1.79. The van der Waals surface area contributed by atoms with E-state index < -0.39 is 0 Å². The summed E-state index contributed by atoms with van der Waals surface area (Å²) in [7, 11) is 0. The molecule has 2 rings (SSSR count). The largest absolute Gasteiger partial charge is 0.397 e. The number of piperidine rings is 1. The molecule has 4 heteroatoms. The molecule has 0 saturated carbocycles. The second kappa shape index (κ2) is 4.84. The minimum atomic E-state index is 0.565. The van der Waals surface area contributed by atoms with Crippen LogP contribution in [0.15, 0.2) is 18.3 Å². The Hall–Kier alpha value is -1.76. The molecule has 2 heterocycles. The minimum absolute atomic E-state index is 0.565. The molecule has 0 bridgehead atoms. The molecule has 1 fully saturated rings. The first-order valence-corrected chi connectivity index (χ1v) is 5.63. The van der Waals surface area contributed by atoms with Crippen molar-refractivity contribution in [3.05, 3.63) is 18.3 Å². The van der Waals surface area contributed by atoms with Crippen LogP contribution in [0.25, 0.3) is 0 Å². The molecular formula is C12H16N4. The van der Waals surface area contributed by atoms with Gasteiger partial charge in [-0.05, 0) is 30.9 Å². The monoisotopic (exact) mass is 216 g/mol. The van der Waals surface area contributed by atoms with Gasteiger partial charge in [0.05, 0.1) is 18.0 Å². The summed E-state index contributed by atoms with van der Waals surface area (Å²) in [5.41, 5.74) is 6.30. The first-order chi connectivity index (χ1) is 7.79. The van der Waals surface area contributed by atoms with E-state index >= 15 is 0 Å². The van der Waals surface area contributed by atoms with Gasteiger partial charge >= 0.3 is 0 Å². The van der Waals surface area contributed by atoms with Crippen LogP contribution in [-0.4, -0.2) is 18.1 Å². The van der Waals surface area contributed by atoms with Crippen molar-refractivity contribution in [1.29, 1.82) is 5.26 Å². The van der Waals surface area contributed by atoms with Gasteiger partial charge in [0, 0.05) is 19.5 Å². The van der Waals surface area contributed by atoms with Crippen LogP contribution in [0.2, 0.25) is 0 Å². The van der Waals surface area contributed by atoms with Crippen molar-refractivity contribution in [2.45, 2.75) is 19.3 Å². The molecule has 16 heavy (non-hydrogen) atoms. The summed E-state index contributed by atoms with van der Waals surface area (Å²) >= 11 is 0. The standard InChI is InChI=1S/C12H16N4/c13-6-3-10-4-7-16(8-5-10)12-2-1-11(14)9-15-12/h1-2,9-10H,3-5,7-8,14H2. The summed E-state index contributed by atoms with van der Waals surface area (Å²) in [6, 6.07) is 6.09. The van der Waals surface area contributed by atoms with E-state index in [4.69, 9.17) is 11.0 Å². The fourth-order valence-corrected chi connectivity index (χ4v) is 2.08. The van der Waals surface area contributed by atoms with Crippen molar-refractivity contribution in [3.63, 3.8) is 0 Å². The molecule has 2 N–H and O–H groups in total.